The van der Waals surface area contributed by atoms with Gasteiger partial charge in [-0.15, -0.1) is 4.98 Å². The molecule has 0 unspecified atom stereocenters. The van der Waals surface area contributed by atoms with Crippen LogP contribution in [0, 0.1) is 0 Å². The monoisotopic (exact) mass is 274 g/mol. The van der Waals surface area contributed by atoms with E-state index in [0.717, 1.165) is 23.2 Å². The van der Waals surface area contributed by atoms with Crippen LogP contribution < -0.4 is 15.2 Å². The second-order valence-electron chi connectivity index (χ2n) is 4.25. The van der Waals surface area contributed by atoms with Crippen molar-refractivity contribution >= 4 is 5.69 Å². The summed E-state index contributed by atoms with van der Waals surface area (Å²) in [4.78, 5) is 12.4. The summed E-state index contributed by atoms with van der Waals surface area (Å²) < 4.78 is 10.1. The number of anilines is 1. The summed E-state index contributed by atoms with van der Waals surface area (Å²) in [7, 11) is 3.01. The topological polar surface area (TPSA) is 83.2 Å². The summed E-state index contributed by atoms with van der Waals surface area (Å²) >= 11 is 0. The molecule has 2 N–H and O–H groups in total. The number of hydrogen-bond donors (Lipinski definition) is 1. The first-order valence-electron chi connectivity index (χ1n) is 6.37. The number of benzene rings is 1. The molecular weight excluding hydrogens is 256 g/mol. The fraction of sp³-hybridized carbons (Fsp3) is 0.357. The van der Waals surface area contributed by atoms with Crippen LogP contribution in [0.15, 0.2) is 18.2 Å². The first kappa shape index (κ1) is 14.0. The smallest absolute Gasteiger partial charge is 0.322 e. The van der Waals surface area contributed by atoms with Crippen molar-refractivity contribution < 1.29 is 9.47 Å². The molecular formula is C14H18N4O2. The molecule has 0 aliphatic heterocycles. The van der Waals surface area contributed by atoms with E-state index in [0.29, 0.717) is 12.2 Å². The van der Waals surface area contributed by atoms with Crippen molar-refractivity contribution in [3.63, 3.8) is 0 Å². The summed E-state index contributed by atoms with van der Waals surface area (Å²) in [5.74, 6) is 0.564. The van der Waals surface area contributed by atoms with Gasteiger partial charge in [0.1, 0.15) is 5.82 Å². The lowest BCUT2D eigenvalue weighted by Gasteiger charge is -2.10. The number of aryl methyl sites for hydroxylation is 1. The van der Waals surface area contributed by atoms with Crippen molar-refractivity contribution in [2.45, 2.75) is 19.8 Å². The van der Waals surface area contributed by atoms with E-state index in [4.69, 9.17) is 15.2 Å². The molecule has 0 radical (unpaired) electrons. The van der Waals surface area contributed by atoms with Crippen molar-refractivity contribution in [2.24, 2.45) is 0 Å². The van der Waals surface area contributed by atoms with Crippen LogP contribution in [0.5, 0.6) is 12.0 Å². The first-order valence-corrected chi connectivity index (χ1v) is 6.37. The summed E-state index contributed by atoms with van der Waals surface area (Å²) in [5, 5.41) is 0. The van der Waals surface area contributed by atoms with Gasteiger partial charge in [-0.1, -0.05) is 25.1 Å². The van der Waals surface area contributed by atoms with Gasteiger partial charge in [-0.2, -0.15) is 9.97 Å². The molecule has 0 atom stereocenters. The molecule has 106 valence electrons. The van der Waals surface area contributed by atoms with Crippen LogP contribution in [-0.2, 0) is 12.8 Å². The fourth-order valence-corrected chi connectivity index (χ4v) is 1.94. The van der Waals surface area contributed by atoms with E-state index in [1.54, 1.807) is 0 Å². The number of nitrogens with zero attached hydrogens (tertiary/aromatic N) is 3. The predicted molar refractivity (Wildman–Crippen MR) is 76.0 cm³/mol. The predicted octanol–water partition coefficient (Wildman–Crippen LogP) is 1.62. The zero-order valence-electron chi connectivity index (χ0n) is 11.9. The molecule has 0 aliphatic rings. The van der Waals surface area contributed by atoms with Gasteiger partial charge >= 0.3 is 12.0 Å². The summed E-state index contributed by atoms with van der Waals surface area (Å²) in [6.07, 6.45) is 1.40. The van der Waals surface area contributed by atoms with Gasteiger partial charge < -0.3 is 15.2 Å². The van der Waals surface area contributed by atoms with E-state index in [-0.39, 0.29) is 12.0 Å². The summed E-state index contributed by atoms with van der Waals surface area (Å²) in [5.41, 5.74) is 9.04. The molecule has 1 aromatic heterocycles. The minimum Gasteiger partial charge on any atom is -0.467 e. The lowest BCUT2D eigenvalue weighted by molar-refractivity contribution is 0.337. The third-order valence-corrected chi connectivity index (χ3v) is 3.02. The van der Waals surface area contributed by atoms with E-state index in [1.807, 2.05) is 18.2 Å². The van der Waals surface area contributed by atoms with E-state index < -0.39 is 0 Å². The normalized spacial score (nSPS) is 10.3. The Hall–Kier alpha value is -2.37. The quantitative estimate of drug-likeness (QED) is 0.834. The van der Waals surface area contributed by atoms with Gasteiger partial charge in [0.25, 0.3) is 0 Å². The van der Waals surface area contributed by atoms with Gasteiger partial charge in [0.2, 0.25) is 0 Å². The average Bonchev–Trinajstić information content (AvgIpc) is 2.49. The standard InChI is InChI=1S/C14H18N4O2/c1-4-9-6-5-7-10(12(9)15)8-11-16-13(19-2)18-14(17-11)20-3/h5-7H,4,8,15H2,1-3H3. The Labute approximate surface area is 118 Å². The lowest BCUT2D eigenvalue weighted by atomic mass is 10.0. The van der Waals surface area contributed by atoms with Gasteiger partial charge in [-0.3, -0.25) is 0 Å². The molecule has 0 bridgehead atoms. The maximum absolute atomic E-state index is 6.15. The van der Waals surface area contributed by atoms with Crippen molar-refractivity contribution in [2.75, 3.05) is 20.0 Å². The molecule has 6 nitrogen and oxygen atoms in total. The Morgan fingerprint density at radius 1 is 1.00 bits per heavy atom. The molecule has 20 heavy (non-hydrogen) atoms. The highest BCUT2D eigenvalue weighted by molar-refractivity contribution is 5.54. The molecule has 2 rings (SSSR count). The number of para-hydroxylation sites is 1. The Bertz CT molecular complexity index is 579. The van der Waals surface area contributed by atoms with E-state index in [1.165, 1.54) is 14.2 Å². The second kappa shape index (κ2) is 6.18. The Morgan fingerprint density at radius 3 is 2.15 bits per heavy atom. The molecule has 0 fully saturated rings. The van der Waals surface area contributed by atoms with Crippen molar-refractivity contribution in [1.29, 1.82) is 0 Å². The largest absolute Gasteiger partial charge is 0.467 e. The van der Waals surface area contributed by atoms with Gasteiger partial charge in [-0.25, -0.2) is 0 Å². The van der Waals surface area contributed by atoms with Crippen LogP contribution in [0.3, 0.4) is 0 Å². The molecule has 0 spiro atoms. The molecule has 0 amide bonds. The zero-order valence-corrected chi connectivity index (χ0v) is 11.9. The van der Waals surface area contributed by atoms with E-state index >= 15 is 0 Å². The molecule has 0 saturated heterocycles. The number of ether oxygens (including phenoxy) is 2. The number of methoxy groups -OCH3 is 2. The molecule has 1 aromatic carbocycles. The van der Waals surface area contributed by atoms with Crippen LogP contribution in [0.25, 0.3) is 0 Å². The van der Waals surface area contributed by atoms with E-state index in [9.17, 15) is 0 Å². The third kappa shape index (κ3) is 2.96. The molecule has 2 aromatic rings. The number of aromatic nitrogens is 3. The lowest BCUT2D eigenvalue weighted by Crippen LogP contribution is -2.06. The fourth-order valence-electron chi connectivity index (χ4n) is 1.94. The average molecular weight is 274 g/mol. The van der Waals surface area contributed by atoms with Crippen molar-refractivity contribution in [3.05, 3.63) is 35.2 Å². The summed E-state index contributed by atoms with van der Waals surface area (Å²) in [6, 6.07) is 6.44. The highest BCUT2D eigenvalue weighted by Gasteiger charge is 2.10. The Kier molecular flexibility index (Phi) is 4.34. The second-order valence-corrected chi connectivity index (χ2v) is 4.25. The van der Waals surface area contributed by atoms with Gasteiger partial charge in [-0.05, 0) is 17.5 Å². The van der Waals surface area contributed by atoms with Crippen LogP contribution in [0.4, 0.5) is 5.69 Å². The molecule has 6 heteroatoms. The van der Waals surface area contributed by atoms with Crippen LogP contribution in [-0.4, -0.2) is 29.2 Å². The maximum Gasteiger partial charge on any atom is 0.322 e. The van der Waals surface area contributed by atoms with Crippen molar-refractivity contribution in [1.82, 2.24) is 15.0 Å². The van der Waals surface area contributed by atoms with Gasteiger partial charge in [0, 0.05) is 12.1 Å². The third-order valence-electron chi connectivity index (χ3n) is 3.02. The number of rotatable bonds is 5. The van der Waals surface area contributed by atoms with Crippen molar-refractivity contribution in [3.8, 4) is 12.0 Å². The van der Waals surface area contributed by atoms with Crippen LogP contribution in [0.2, 0.25) is 0 Å². The SMILES string of the molecule is CCc1cccc(Cc2nc(OC)nc(OC)n2)c1N. The number of nitrogen functional groups attached to an aromatic ring is 1. The zero-order chi connectivity index (χ0) is 14.5. The highest BCUT2D eigenvalue weighted by atomic mass is 16.5. The van der Waals surface area contributed by atoms with Crippen LogP contribution >= 0.6 is 0 Å². The van der Waals surface area contributed by atoms with Crippen LogP contribution in [0.1, 0.15) is 23.9 Å². The molecule has 0 aliphatic carbocycles. The Balaban J connectivity index is 2.34. The number of hydrogen-bond acceptors (Lipinski definition) is 6. The minimum atomic E-state index is 0.233. The molecule has 1 heterocycles. The highest BCUT2D eigenvalue weighted by Crippen LogP contribution is 2.21. The van der Waals surface area contributed by atoms with Gasteiger partial charge in [0.05, 0.1) is 14.2 Å². The molecule has 0 saturated carbocycles. The van der Waals surface area contributed by atoms with Gasteiger partial charge in [0.15, 0.2) is 0 Å². The minimum absolute atomic E-state index is 0.233. The number of nitrogens with two attached hydrogens (primary N) is 1. The maximum atomic E-state index is 6.15. The van der Waals surface area contributed by atoms with E-state index in [2.05, 4.69) is 21.9 Å². The summed E-state index contributed by atoms with van der Waals surface area (Å²) in [6.45, 7) is 2.07. The Morgan fingerprint density at radius 2 is 1.60 bits per heavy atom. The first-order chi connectivity index (χ1) is 9.67.